The molecule has 0 radical (unpaired) electrons. The smallest absolute Gasteiger partial charge is 0.208 e. The lowest BCUT2D eigenvalue weighted by molar-refractivity contribution is 0.282. The van der Waals surface area contributed by atoms with Gasteiger partial charge in [0.05, 0.1) is 40.7 Å². The molecule has 9 aromatic heterocycles. The van der Waals surface area contributed by atoms with E-state index >= 15 is 0 Å². The average molecular weight is 1420 g/mol. The van der Waals surface area contributed by atoms with Crippen LogP contribution in [0.4, 0.5) is 0 Å². The van der Waals surface area contributed by atoms with Gasteiger partial charge in [-0.2, -0.15) is 26.2 Å². The maximum absolute atomic E-state index is 9.60. The number of hydrogen-bond acceptors (Lipinski definition) is 17. The standard InChI is InChI=1S/C78H71BN6O2S9/c1-76(2)52-39-59(45-25-17-14-18-26-45)89-70(52)71-53(76)40-60(90-71)49-28-27-46(64-66(49)82-94-80-64)37-47-38-56-74(88-47)75-57(78(56,33-19-9-5-7-11-21-35-86)34-20-10-6-8-12-22-36-87)42-62(92-75)51-31-32-58(69-68(51)84-96-85-69)79-63-43-55-73(93-63)72-54(77(55,3)4)41-61(91-72)50-30-29-48(44-23-15-13-16-24-44)65-67(50)83-95-81-65/h13-18,23-32,38-43,79,86-87H,5-12,19-22,33-37H2,1-4H3. The zero-order valence-corrected chi connectivity index (χ0v) is 61.5. The van der Waals surface area contributed by atoms with Crippen molar-refractivity contribution in [2.45, 2.75) is 140 Å². The fourth-order valence-electron chi connectivity index (χ4n) is 15.7. The van der Waals surface area contributed by atoms with Crippen molar-refractivity contribution in [3.8, 4) is 82.2 Å². The average Bonchev–Trinajstić information content (AvgIpc) is 1.57. The summed E-state index contributed by atoms with van der Waals surface area (Å²) in [7, 11) is 0.799. The van der Waals surface area contributed by atoms with Crippen molar-refractivity contribution >= 4 is 154 Å². The molecule has 18 heteroatoms. The Hall–Kier alpha value is -6.26. The van der Waals surface area contributed by atoms with Crippen LogP contribution in [0.3, 0.4) is 0 Å². The van der Waals surface area contributed by atoms with Crippen molar-refractivity contribution in [1.82, 2.24) is 26.2 Å². The molecule has 0 atom stereocenters. The first-order chi connectivity index (χ1) is 47.0. The zero-order chi connectivity index (χ0) is 64.9. The highest BCUT2D eigenvalue weighted by molar-refractivity contribution is 7.29. The van der Waals surface area contributed by atoms with Crippen molar-refractivity contribution in [2.24, 2.45) is 0 Å². The number of aliphatic hydroxyl groups is 2. The predicted octanol–water partition coefficient (Wildman–Crippen LogP) is 21.7. The molecule has 8 nitrogen and oxygen atoms in total. The number of aliphatic hydroxyl groups excluding tert-OH is 2. The monoisotopic (exact) mass is 1420 g/mol. The first-order valence-electron chi connectivity index (χ1n) is 33.9. The molecule has 0 fully saturated rings. The first kappa shape index (κ1) is 63.2. The van der Waals surface area contributed by atoms with Crippen molar-refractivity contribution in [3.05, 3.63) is 177 Å². The van der Waals surface area contributed by atoms with Crippen molar-refractivity contribution in [1.29, 1.82) is 0 Å². The Bertz CT molecular complexity index is 5210. The van der Waals surface area contributed by atoms with E-state index < -0.39 is 0 Å². The molecule has 0 aliphatic heterocycles. The van der Waals surface area contributed by atoms with Gasteiger partial charge in [-0.25, -0.2) is 0 Å². The number of benzene rings is 5. The van der Waals surface area contributed by atoms with Crippen LogP contribution < -0.4 is 10.2 Å². The van der Waals surface area contributed by atoms with E-state index in [0.717, 1.165) is 128 Å². The number of aromatic nitrogens is 6. The van der Waals surface area contributed by atoms with Gasteiger partial charge in [-0.15, -0.1) is 68.0 Å². The second-order valence-corrected chi connectivity index (χ2v) is 35.6. The highest BCUT2D eigenvalue weighted by atomic mass is 32.1. The Morgan fingerprint density at radius 2 is 0.760 bits per heavy atom. The van der Waals surface area contributed by atoms with Crippen LogP contribution in [0.5, 0.6) is 0 Å². The van der Waals surface area contributed by atoms with Gasteiger partial charge < -0.3 is 10.2 Å². The van der Waals surface area contributed by atoms with E-state index in [1.165, 1.54) is 180 Å². The van der Waals surface area contributed by atoms with Crippen LogP contribution in [0.1, 0.15) is 161 Å². The Kier molecular flexibility index (Phi) is 17.0. The Labute approximate surface area is 597 Å². The summed E-state index contributed by atoms with van der Waals surface area (Å²) in [4.78, 5) is 14.9. The van der Waals surface area contributed by atoms with E-state index in [2.05, 4.69) is 161 Å². The third kappa shape index (κ3) is 10.8. The normalized spacial score (nSPS) is 14.5. The van der Waals surface area contributed by atoms with Crippen LogP contribution in [0.15, 0.2) is 133 Å². The van der Waals surface area contributed by atoms with Gasteiger partial charge in [-0.05, 0) is 116 Å². The van der Waals surface area contributed by atoms with E-state index in [1.54, 1.807) is 0 Å². The summed E-state index contributed by atoms with van der Waals surface area (Å²) in [6.45, 7) is 10.1. The van der Waals surface area contributed by atoms with Gasteiger partial charge in [0.15, 0.2) is 0 Å². The topological polar surface area (TPSA) is 118 Å². The molecule has 3 aliphatic carbocycles. The lowest BCUT2D eigenvalue weighted by Crippen LogP contribution is -2.26. The molecule has 0 saturated carbocycles. The third-order valence-corrected chi connectivity index (χ3v) is 30.0. The minimum atomic E-state index is -0.137. The van der Waals surface area contributed by atoms with Crippen LogP contribution in [-0.4, -0.2) is 56.9 Å². The minimum Gasteiger partial charge on any atom is -0.396 e. The number of fused-ring (bicyclic) bond motifs is 12. The summed E-state index contributed by atoms with van der Waals surface area (Å²) in [5.74, 6) is 0. The maximum Gasteiger partial charge on any atom is 0.208 e. The molecule has 0 unspecified atom stereocenters. The molecule has 482 valence electrons. The van der Waals surface area contributed by atoms with E-state index in [1.807, 2.05) is 68.0 Å². The second-order valence-electron chi connectivity index (χ2n) is 27.5. The van der Waals surface area contributed by atoms with Gasteiger partial charge >= 0.3 is 0 Å². The molecule has 3 aliphatic rings. The predicted molar refractivity (Wildman–Crippen MR) is 416 cm³/mol. The highest BCUT2D eigenvalue weighted by Crippen LogP contribution is 2.63. The van der Waals surface area contributed by atoms with Crippen LogP contribution in [0.25, 0.3) is 115 Å². The van der Waals surface area contributed by atoms with Crippen LogP contribution in [0.2, 0.25) is 0 Å². The third-order valence-electron chi connectivity index (χ3n) is 20.9. The SMILES string of the molecule is CC1(C)c2cc(-c3ccccc3)sc2-c2sc(-c3ccc(Cc4cc5c(s4)-c4sc(-c6ccc(Bc7cc8c(s7)-c7sc(-c9ccc(-c%10ccccc%10)c%10nsnc9%10)cc7C8(C)C)c7nsnc67)cc4C5(CCCCCCCCO)CCCCCCCCO)c4nsnc34)cc21. The quantitative estimate of drug-likeness (QED) is 0.0429. The summed E-state index contributed by atoms with van der Waals surface area (Å²) >= 11 is 15.6. The number of hydrogen-bond donors (Lipinski definition) is 2. The molecule has 2 N–H and O–H groups in total. The molecule has 5 aromatic carbocycles. The summed E-state index contributed by atoms with van der Waals surface area (Å²) in [6, 6.07) is 50.2. The van der Waals surface area contributed by atoms with Crippen LogP contribution in [0, 0.1) is 0 Å². The van der Waals surface area contributed by atoms with Crippen molar-refractivity contribution < 1.29 is 10.2 Å². The van der Waals surface area contributed by atoms with Gasteiger partial charge in [0.25, 0.3) is 0 Å². The number of unbranched alkanes of at least 4 members (excludes halogenated alkanes) is 10. The Morgan fingerprint density at radius 1 is 0.354 bits per heavy atom. The van der Waals surface area contributed by atoms with Gasteiger partial charge in [0.1, 0.15) is 27.6 Å². The number of nitrogens with zero attached hydrogens (tertiary/aromatic N) is 6. The molecular weight excluding hydrogens is 1350 g/mol. The molecule has 0 spiro atoms. The van der Waals surface area contributed by atoms with Gasteiger partial charge in [-0.1, -0.05) is 195 Å². The number of thiophene rings is 6. The highest BCUT2D eigenvalue weighted by Gasteiger charge is 2.46. The van der Waals surface area contributed by atoms with E-state index in [9.17, 15) is 10.2 Å². The van der Waals surface area contributed by atoms with Gasteiger partial charge in [0.2, 0.25) is 7.28 Å². The van der Waals surface area contributed by atoms with Crippen molar-refractivity contribution in [3.63, 3.8) is 0 Å². The second kappa shape index (κ2) is 25.8. The van der Waals surface area contributed by atoms with Crippen LogP contribution in [-0.2, 0) is 22.7 Å². The largest absolute Gasteiger partial charge is 0.396 e. The summed E-state index contributed by atoms with van der Waals surface area (Å²) < 4.78 is 31.5. The Balaban J connectivity index is 0.687. The van der Waals surface area contributed by atoms with Gasteiger partial charge in [0, 0.05) is 112 Å². The summed E-state index contributed by atoms with van der Waals surface area (Å²) in [6.07, 6.45) is 16.4. The molecule has 0 bridgehead atoms. The molecule has 14 aromatic rings. The van der Waals surface area contributed by atoms with Crippen LogP contribution >= 0.6 is 103 Å². The fraction of sp³-hybridized carbons (Fsp3) is 0.308. The molecule has 0 amide bonds. The first-order valence-corrected chi connectivity index (χ1v) is 41.0. The fourth-order valence-corrected chi connectivity index (χ4v) is 25.9. The van der Waals surface area contributed by atoms with E-state index in [-0.39, 0.29) is 29.5 Å². The maximum atomic E-state index is 9.60. The minimum absolute atomic E-state index is 0.0872. The molecule has 9 heterocycles. The zero-order valence-electron chi connectivity index (χ0n) is 54.2. The molecule has 0 saturated heterocycles. The Morgan fingerprint density at radius 3 is 1.35 bits per heavy atom. The summed E-state index contributed by atoms with van der Waals surface area (Å²) in [5, 5.41) is 19.2. The van der Waals surface area contributed by atoms with Crippen molar-refractivity contribution in [2.75, 3.05) is 13.2 Å². The van der Waals surface area contributed by atoms with Gasteiger partial charge in [-0.3, -0.25) is 0 Å². The summed E-state index contributed by atoms with van der Waals surface area (Å²) in [5.41, 5.74) is 23.9. The van der Waals surface area contributed by atoms with E-state index in [4.69, 9.17) is 26.2 Å². The molecular formula is C78H71BN6O2S9. The van der Waals surface area contributed by atoms with E-state index in [0.29, 0.717) is 0 Å². The molecule has 96 heavy (non-hydrogen) atoms. The number of rotatable bonds is 25. The molecule has 17 rings (SSSR count). The lowest BCUT2D eigenvalue weighted by atomic mass is 9.67. The lowest BCUT2D eigenvalue weighted by Gasteiger charge is -2.31.